The maximum Gasteiger partial charge on any atom is 0.193 e. The van der Waals surface area contributed by atoms with Gasteiger partial charge in [-0.1, -0.05) is 36.4 Å². The number of rotatable bonds is 5. The summed E-state index contributed by atoms with van der Waals surface area (Å²) in [4.78, 5) is 4.47. The molecule has 134 valence electrons. The van der Waals surface area contributed by atoms with E-state index in [9.17, 15) is 0 Å². The van der Waals surface area contributed by atoms with Gasteiger partial charge in [0.1, 0.15) is 0 Å². The Labute approximate surface area is 166 Å². The number of anilines is 1. The number of hydrogen-bond acceptors (Lipinski definition) is 2. The van der Waals surface area contributed by atoms with Crippen molar-refractivity contribution in [2.45, 2.75) is 38.8 Å². The maximum absolute atomic E-state index is 6.08. The van der Waals surface area contributed by atoms with E-state index in [1.165, 1.54) is 24.0 Å². The summed E-state index contributed by atoms with van der Waals surface area (Å²) in [5.74, 6) is 0.468. The molecule has 0 bridgehead atoms. The third-order valence-electron chi connectivity index (χ3n) is 4.42. The highest BCUT2D eigenvalue weighted by atomic mass is 127. The van der Waals surface area contributed by atoms with E-state index in [0.717, 1.165) is 29.7 Å². The number of ether oxygens (including phenoxy) is 1. The molecule has 0 atom stereocenters. The Morgan fingerprint density at radius 1 is 1.08 bits per heavy atom. The van der Waals surface area contributed by atoms with E-state index < -0.39 is 0 Å². The van der Waals surface area contributed by atoms with Crippen LogP contribution in [0.3, 0.4) is 0 Å². The topological polar surface area (TPSA) is 59.6 Å². The number of fused-ring (bicyclic) bond motifs is 1. The molecule has 0 fully saturated rings. The first kappa shape index (κ1) is 19.7. The van der Waals surface area contributed by atoms with Crippen molar-refractivity contribution in [2.24, 2.45) is 10.7 Å². The van der Waals surface area contributed by atoms with Crippen molar-refractivity contribution in [3.8, 4) is 0 Å². The lowest BCUT2D eigenvalue weighted by atomic mass is 9.90. The van der Waals surface area contributed by atoms with Crippen molar-refractivity contribution in [1.29, 1.82) is 0 Å². The van der Waals surface area contributed by atoms with Gasteiger partial charge in [-0.15, -0.1) is 24.0 Å². The zero-order chi connectivity index (χ0) is 16.8. The van der Waals surface area contributed by atoms with E-state index in [1.54, 1.807) is 7.11 Å². The van der Waals surface area contributed by atoms with Crippen molar-refractivity contribution < 1.29 is 4.74 Å². The maximum atomic E-state index is 6.08. The van der Waals surface area contributed by atoms with E-state index in [0.29, 0.717) is 19.1 Å². The van der Waals surface area contributed by atoms with Crippen LogP contribution in [0.2, 0.25) is 0 Å². The van der Waals surface area contributed by atoms with E-state index in [2.05, 4.69) is 52.8 Å². The summed E-state index contributed by atoms with van der Waals surface area (Å²) < 4.78 is 5.12. The zero-order valence-electron chi connectivity index (χ0n) is 14.6. The fourth-order valence-electron chi connectivity index (χ4n) is 3.16. The molecule has 3 rings (SSSR count). The van der Waals surface area contributed by atoms with Crippen LogP contribution in [0.4, 0.5) is 5.69 Å². The van der Waals surface area contributed by atoms with Gasteiger partial charge in [0.25, 0.3) is 0 Å². The van der Waals surface area contributed by atoms with E-state index >= 15 is 0 Å². The van der Waals surface area contributed by atoms with E-state index in [4.69, 9.17) is 10.5 Å². The molecule has 1 aliphatic carbocycles. The SMILES string of the molecule is COCc1ccc(CN=C(N)Nc2cccc3c2CCCC3)cc1.I. The smallest absolute Gasteiger partial charge is 0.193 e. The van der Waals surface area contributed by atoms with Gasteiger partial charge in [0, 0.05) is 12.8 Å². The highest BCUT2D eigenvalue weighted by molar-refractivity contribution is 14.0. The number of aliphatic imine (C=N–C) groups is 1. The number of methoxy groups -OCH3 is 1. The predicted molar refractivity (Wildman–Crippen MR) is 115 cm³/mol. The van der Waals surface area contributed by atoms with Crippen LogP contribution in [0.15, 0.2) is 47.5 Å². The van der Waals surface area contributed by atoms with E-state index in [1.807, 2.05) is 0 Å². The molecule has 0 aromatic heterocycles. The molecule has 0 spiro atoms. The molecule has 1 aliphatic rings. The lowest BCUT2D eigenvalue weighted by molar-refractivity contribution is 0.185. The van der Waals surface area contributed by atoms with Gasteiger partial charge < -0.3 is 15.8 Å². The average Bonchev–Trinajstić information content (AvgIpc) is 2.62. The fraction of sp³-hybridized carbons (Fsp3) is 0.350. The van der Waals surface area contributed by atoms with Crippen LogP contribution in [-0.4, -0.2) is 13.1 Å². The number of guanidine groups is 1. The second-order valence-electron chi connectivity index (χ2n) is 6.23. The van der Waals surface area contributed by atoms with Gasteiger partial charge in [-0.2, -0.15) is 0 Å². The minimum atomic E-state index is 0. The Kier molecular flexibility index (Phi) is 7.71. The first-order chi connectivity index (χ1) is 11.8. The highest BCUT2D eigenvalue weighted by Crippen LogP contribution is 2.27. The lowest BCUT2D eigenvalue weighted by Crippen LogP contribution is -2.24. The number of benzene rings is 2. The predicted octanol–water partition coefficient (Wildman–Crippen LogP) is 4.26. The van der Waals surface area contributed by atoms with Gasteiger partial charge in [0.15, 0.2) is 5.96 Å². The monoisotopic (exact) mass is 451 g/mol. The third kappa shape index (κ3) is 5.44. The molecule has 0 aliphatic heterocycles. The molecule has 2 aromatic carbocycles. The second kappa shape index (κ2) is 9.77. The van der Waals surface area contributed by atoms with Gasteiger partial charge in [-0.25, -0.2) is 4.99 Å². The van der Waals surface area contributed by atoms with Crippen LogP contribution < -0.4 is 11.1 Å². The number of halogens is 1. The summed E-state index contributed by atoms with van der Waals surface area (Å²) in [5, 5.41) is 3.28. The number of hydrogen-bond donors (Lipinski definition) is 2. The molecule has 4 nitrogen and oxygen atoms in total. The molecule has 0 amide bonds. The zero-order valence-corrected chi connectivity index (χ0v) is 17.0. The van der Waals surface area contributed by atoms with Gasteiger partial charge in [-0.3, -0.25) is 0 Å². The molecule has 0 saturated carbocycles. The highest BCUT2D eigenvalue weighted by Gasteiger charge is 2.13. The van der Waals surface area contributed by atoms with Crippen LogP contribution in [0.1, 0.15) is 35.1 Å². The van der Waals surface area contributed by atoms with Crippen LogP contribution in [0.5, 0.6) is 0 Å². The van der Waals surface area contributed by atoms with Crippen LogP contribution >= 0.6 is 24.0 Å². The van der Waals surface area contributed by atoms with Crippen molar-refractivity contribution in [2.75, 3.05) is 12.4 Å². The largest absolute Gasteiger partial charge is 0.380 e. The second-order valence-corrected chi connectivity index (χ2v) is 6.23. The normalized spacial score (nSPS) is 13.7. The standard InChI is InChI=1S/C20H25N3O.HI/c1-24-14-16-11-9-15(10-12-16)13-22-20(21)23-19-8-4-6-17-5-2-3-7-18(17)19;/h4,6,8-12H,2-3,5,7,13-14H2,1H3,(H3,21,22,23);1H. The molecule has 0 radical (unpaired) electrons. The van der Waals surface area contributed by atoms with Crippen LogP contribution in [0, 0.1) is 0 Å². The quantitative estimate of drug-likeness (QED) is 0.406. The molecule has 0 saturated heterocycles. The minimum Gasteiger partial charge on any atom is -0.380 e. The Hall–Kier alpha value is -1.60. The lowest BCUT2D eigenvalue weighted by Gasteiger charge is -2.19. The molecule has 0 unspecified atom stereocenters. The number of aryl methyl sites for hydroxylation is 1. The molecule has 2 aromatic rings. The van der Waals surface area contributed by atoms with Gasteiger partial charge >= 0.3 is 0 Å². The molecule has 3 N–H and O–H groups in total. The Balaban J connectivity index is 0.00000225. The first-order valence-electron chi connectivity index (χ1n) is 8.51. The number of nitrogens with zero attached hydrogens (tertiary/aromatic N) is 1. The molecule has 5 heteroatoms. The minimum absolute atomic E-state index is 0. The van der Waals surface area contributed by atoms with Gasteiger partial charge in [0.05, 0.1) is 13.2 Å². The molecular formula is C20H26IN3O. The summed E-state index contributed by atoms with van der Waals surface area (Å²) in [6, 6.07) is 14.6. The van der Waals surface area contributed by atoms with Crippen molar-refractivity contribution in [1.82, 2.24) is 0 Å². The van der Waals surface area contributed by atoms with Gasteiger partial charge in [0.2, 0.25) is 0 Å². The number of nitrogens with one attached hydrogen (secondary N) is 1. The summed E-state index contributed by atoms with van der Waals surface area (Å²) >= 11 is 0. The fourth-order valence-corrected chi connectivity index (χ4v) is 3.16. The number of nitrogens with two attached hydrogens (primary N) is 1. The molecule has 0 heterocycles. The first-order valence-corrected chi connectivity index (χ1v) is 8.51. The molecule has 25 heavy (non-hydrogen) atoms. The van der Waals surface area contributed by atoms with Crippen molar-refractivity contribution in [3.63, 3.8) is 0 Å². The Bertz CT molecular complexity index is 713. The van der Waals surface area contributed by atoms with Crippen LogP contribution in [0.25, 0.3) is 0 Å². The summed E-state index contributed by atoms with van der Waals surface area (Å²) in [6.45, 7) is 1.20. The van der Waals surface area contributed by atoms with Crippen LogP contribution in [-0.2, 0) is 30.7 Å². The average molecular weight is 451 g/mol. The summed E-state index contributed by atoms with van der Waals surface area (Å²) in [5.41, 5.74) is 12.3. The Morgan fingerprint density at radius 2 is 1.80 bits per heavy atom. The van der Waals surface area contributed by atoms with E-state index in [-0.39, 0.29) is 24.0 Å². The Morgan fingerprint density at radius 3 is 2.56 bits per heavy atom. The summed E-state index contributed by atoms with van der Waals surface area (Å²) in [7, 11) is 1.70. The summed E-state index contributed by atoms with van der Waals surface area (Å²) in [6.07, 6.45) is 4.80. The van der Waals surface area contributed by atoms with Gasteiger partial charge in [-0.05, 0) is 54.0 Å². The molecular weight excluding hydrogens is 425 g/mol. The van der Waals surface area contributed by atoms with Crippen molar-refractivity contribution >= 4 is 35.6 Å². The van der Waals surface area contributed by atoms with Crippen molar-refractivity contribution in [3.05, 3.63) is 64.7 Å². The third-order valence-corrected chi connectivity index (χ3v) is 4.42.